The SMILES string of the molecule is O=C(ON1C(=O)c2ccccc2C1=O)[C@@H]1CC[C@@H](N(OCc2ccccc2)C(=O)Cl)CN1. The highest BCUT2D eigenvalue weighted by atomic mass is 35.5. The zero-order valence-corrected chi connectivity index (χ0v) is 17.7. The molecule has 2 aliphatic rings. The summed E-state index contributed by atoms with van der Waals surface area (Å²) in [7, 11) is 0. The molecule has 9 nitrogen and oxygen atoms in total. The van der Waals surface area contributed by atoms with Crippen molar-refractivity contribution in [2.24, 2.45) is 0 Å². The third-order valence-corrected chi connectivity index (χ3v) is 5.50. The van der Waals surface area contributed by atoms with E-state index in [1.807, 2.05) is 30.3 Å². The number of carbonyl (C=O) groups excluding carboxylic acids is 4. The molecule has 2 atom stereocenters. The maximum atomic E-state index is 12.5. The van der Waals surface area contributed by atoms with E-state index in [1.54, 1.807) is 12.1 Å². The Hall–Kier alpha value is -3.27. The summed E-state index contributed by atoms with van der Waals surface area (Å²) in [5, 5.41) is 3.78. The molecule has 0 aromatic heterocycles. The molecule has 2 aliphatic heterocycles. The summed E-state index contributed by atoms with van der Waals surface area (Å²) < 4.78 is 0. The van der Waals surface area contributed by atoms with E-state index in [0.29, 0.717) is 17.9 Å². The molecule has 2 aromatic rings. The van der Waals surface area contributed by atoms with Gasteiger partial charge in [0.05, 0.1) is 17.2 Å². The molecule has 0 saturated carbocycles. The predicted molar refractivity (Wildman–Crippen MR) is 112 cm³/mol. The average Bonchev–Trinajstić information content (AvgIpc) is 3.05. The Morgan fingerprint density at radius 1 is 1.00 bits per heavy atom. The number of amides is 3. The Labute approximate surface area is 188 Å². The topological polar surface area (TPSA) is 105 Å². The lowest BCUT2D eigenvalue weighted by Gasteiger charge is -2.34. The molecule has 0 bridgehead atoms. The van der Waals surface area contributed by atoms with E-state index in [4.69, 9.17) is 21.3 Å². The van der Waals surface area contributed by atoms with Crippen molar-refractivity contribution in [3.8, 4) is 0 Å². The largest absolute Gasteiger partial charge is 0.349 e. The molecule has 2 aromatic carbocycles. The first-order valence-corrected chi connectivity index (χ1v) is 10.4. The van der Waals surface area contributed by atoms with Crippen LogP contribution in [0.15, 0.2) is 54.6 Å². The molecule has 1 saturated heterocycles. The van der Waals surface area contributed by atoms with Crippen LogP contribution in [-0.4, -0.2) is 51.9 Å². The lowest BCUT2D eigenvalue weighted by atomic mass is 10.0. The Morgan fingerprint density at radius 2 is 1.62 bits per heavy atom. The lowest BCUT2D eigenvalue weighted by Crippen LogP contribution is -2.54. The normalized spacial score (nSPS) is 20.1. The van der Waals surface area contributed by atoms with E-state index in [2.05, 4.69) is 5.32 Å². The van der Waals surface area contributed by atoms with Crippen LogP contribution in [0.1, 0.15) is 39.1 Å². The van der Waals surface area contributed by atoms with Crippen LogP contribution in [0.2, 0.25) is 0 Å². The fourth-order valence-corrected chi connectivity index (χ4v) is 3.85. The van der Waals surface area contributed by atoms with Crippen LogP contribution in [0, 0.1) is 0 Å². The van der Waals surface area contributed by atoms with E-state index < -0.39 is 35.2 Å². The Kier molecular flexibility index (Phi) is 6.50. The number of halogens is 1. The second kappa shape index (κ2) is 9.47. The van der Waals surface area contributed by atoms with Gasteiger partial charge in [-0.2, -0.15) is 0 Å². The van der Waals surface area contributed by atoms with E-state index in [0.717, 1.165) is 10.6 Å². The van der Waals surface area contributed by atoms with Gasteiger partial charge in [0.1, 0.15) is 12.6 Å². The van der Waals surface area contributed by atoms with Crippen molar-refractivity contribution in [3.63, 3.8) is 0 Å². The lowest BCUT2D eigenvalue weighted by molar-refractivity contribution is -0.175. The number of hydrogen-bond donors (Lipinski definition) is 1. The molecule has 0 unspecified atom stereocenters. The number of carbonyl (C=O) groups is 4. The summed E-state index contributed by atoms with van der Waals surface area (Å²) in [5.41, 5.74) is 1.25. The number of nitrogens with one attached hydrogen (secondary N) is 1. The molecule has 32 heavy (non-hydrogen) atoms. The van der Waals surface area contributed by atoms with Crippen LogP contribution >= 0.6 is 11.6 Å². The first-order valence-electron chi connectivity index (χ1n) is 10.0. The first-order chi connectivity index (χ1) is 15.5. The first kappa shape index (κ1) is 21.9. The van der Waals surface area contributed by atoms with Gasteiger partial charge in [0.25, 0.3) is 11.8 Å². The molecule has 166 valence electrons. The van der Waals surface area contributed by atoms with Gasteiger partial charge in [-0.25, -0.2) is 9.86 Å². The fraction of sp³-hybridized carbons (Fsp3) is 0.273. The van der Waals surface area contributed by atoms with Crippen LogP contribution in [0.3, 0.4) is 0 Å². The monoisotopic (exact) mass is 457 g/mol. The number of hydroxylamine groups is 4. The Bertz CT molecular complexity index is 1000. The van der Waals surface area contributed by atoms with Crippen molar-refractivity contribution < 1.29 is 28.9 Å². The fourth-order valence-electron chi connectivity index (χ4n) is 3.66. The highest BCUT2D eigenvalue weighted by Crippen LogP contribution is 2.24. The standard InChI is InChI=1S/C22H20ClN3O6/c23-22(30)25(31-13-14-6-2-1-3-7-14)15-10-11-18(24-12-15)21(29)32-26-19(27)16-8-4-5-9-17(16)20(26)28/h1-9,15,18,24H,10-13H2/t15-,18+/m1/s1. The minimum absolute atomic E-state index is 0.168. The minimum atomic E-state index is -0.764. The molecule has 0 spiro atoms. The molecule has 2 heterocycles. The van der Waals surface area contributed by atoms with Crippen LogP contribution in [-0.2, 0) is 21.1 Å². The van der Waals surface area contributed by atoms with Gasteiger partial charge in [-0.15, -0.1) is 0 Å². The molecule has 4 rings (SSSR count). The molecular formula is C22H20ClN3O6. The predicted octanol–water partition coefficient (Wildman–Crippen LogP) is 2.65. The van der Waals surface area contributed by atoms with E-state index in [1.165, 1.54) is 12.1 Å². The highest BCUT2D eigenvalue weighted by Gasteiger charge is 2.40. The van der Waals surface area contributed by atoms with E-state index in [9.17, 15) is 19.2 Å². The molecule has 1 fully saturated rings. The minimum Gasteiger partial charge on any atom is -0.328 e. The van der Waals surface area contributed by atoms with E-state index >= 15 is 0 Å². The van der Waals surface area contributed by atoms with Gasteiger partial charge in [-0.3, -0.25) is 19.2 Å². The second-order valence-electron chi connectivity index (χ2n) is 7.39. The van der Waals surface area contributed by atoms with Gasteiger partial charge in [-0.1, -0.05) is 47.5 Å². The molecule has 0 radical (unpaired) electrons. The molecule has 3 amide bonds. The number of imide groups is 1. The third kappa shape index (κ3) is 4.50. The van der Waals surface area contributed by atoms with Gasteiger partial charge >= 0.3 is 11.3 Å². The number of hydrogen-bond acceptors (Lipinski definition) is 7. The maximum Gasteiger partial charge on any atom is 0.349 e. The zero-order valence-electron chi connectivity index (χ0n) is 16.9. The van der Waals surface area contributed by atoms with Crippen molar-refractivity contribution in [2.75, 3.05) is 6.54 Å². The van der Waals surface area contributed by atoms with Crippen LogP contribution in [0.5, 0.6) is 0 Å². The zero-order chi connectivity index (χ0) is 22.7. The third-order valence-electron chi connectivity index (χ3n) is 5.33. The number of fused-ring (bicyclic) bond motifs is 1. The van der Waals surface area contributed by atoms with Crippen molar-refractivity contribution in [1.29, 1.82) is 0 Å². The second-order valence-corrected chi connectivity index (χ2v) is 7.71. The van der Waals surface area contributed by atoms with Crippen molar-refractivity contribution in [1.82, 2.24) is 15.4 Å². The smallest absolute Gasteiger partial charge is 0.328 e. The van der Waals surface area contributed by atoms with Crippen LogP contribution in [0.25, 0.3) is 0 Å². The van der Waals surface area contributed by atoms with Gasteiger partial charge in [-0.05, 0) is 42.1 Å². The quantitative estimate of drug-likeness (QED) is 0.307. The average molecular weight is 458 g/mol. The van der Waals surface area contributed by atoms with Gasteiger partial charge in [0.2, 0.25) is 0 Å². The number of nitrogens with zero attached hydrogens (tertiary/aromatic N) is 2. The number of piperidine rings is 1. The maximum absolute atomic E-state index is 12.5. The van der Waals surface area contributed by atoms with Crippen molar-refractivity contribution >= 4 is 34.8 Å². The summed E-state index contributed by atoms with van der Waals surface area (Å²) in [4.78, 5) is 59.8. The summed E-state index contributed by atoms with van der Waals surface area (Å²) in [6.07, 6.45) is 0.699. The van der Waals surface area contributed by atoms with Gasteiger partial charge in [0.15, 0.2) is 0 Å². The van der Waals surface area contributed by atoms with Crippen LogP contribution < -0.4 is 5.32 Å². The Morgan fingerprint density at radius 3 is 2.19 bits per heavy atom. The van der Waals surface area contributed by atoms with Gasteiger partial charge < -0.3 is 10.2 Å². The van der Waals surface area contributed by atoms with Crippen molar-refractivity contribution in [3.05, 3.63) is 71.3 Å². The molecule has 0 aliphatic carbocycles. The Balaban J connectivity index is 1.32. The summed E-state index contributed by atoms with van der Waals surface area (Å²) in [6, 6.07) is 14.4. The highest BCUT2D eigenvalue weighted by molar-refractivity contribution is 6.62. The molecule has 10 heteroatoms. The number of rotatable bonds is 6. The van der Waals surface area contributed by atoms with Crippen LogP contribution in [0.4, 0.5) is 4.79 Å². The summed E-state index contributed by atoms with van der Waals surface area (Å²) in [5.74, 6) is -2.12. The summed E-state index contributed by atoms with van der Waals surface area (Å²) >= 11 is 5.69. The molecular weight excluding hydrogens is 438 g/mol. The van der Waals surface area contributed by atoms with Gasteiger partial charge in [0, 0.05) is 6.54 Å². The molecule has 1 N–H and O–H groups in total. The van der Waals surface area contributed by atoms with Crippen molar-refractivity contribution in [2.45, 2.75) is 31.5 Å². The number of benzene rings is 2. The van der Waals surface area contributed by atoms with E-state index in [-0.39, 0.29) is 24.3 Å². The summed E-state index contributed by atoms with van der Waals surface area (Å²) in [6.45, 7) is 0.385.